The standard InChI is InChI=1S/C15H30N2O2/c1-15(2,12-16)8-4-5-9-17-10-6-13(7-11-17)14(18)19-3/h13H,4-12,16H2,1-3H3. The maximum Gasteiger partial charge on any atom is 0.308 e. The quantitative estimate of drug-likeness (QED) is 0.568. The Hall–Kier alpha value is -0.610. The van der Waals surface area contributed by atoms with Gasteiger partial charge in [-0.25, -0.2) is 0 Å². The van der Waals surface area contributed by atoms with E-state index in [4.69, 9.17) is 10.5 Å². The Morgan fingerprint density at radius 1 is 1.32 bits per heavy atom. The van der Waals surface area contributed by atoms with E-state index in [2.05, 4.69) is 18.7 Å². The van der Waals surface area contributed by atoms with Gasteiger partial charge in [0.1, 0.15) is 0 Å². The topological polar surface area (TPSA) is 55.6 Å². The Balaban J connectivity index is 2.12. The summed E-state index contributed by atoms with van der Waals surface area (Å²) in [4.78, 5) is 13.9. The summed E-state index contributed by atoms with van der Waals surface area (Å²) >= 11 is 0. The van der Waals surface area contributed by atoms with Crippen LogP contribution in [0.4, 0.5) is 0 Å². The van der Waals surface area contributed by atoms with E-state index in [-0.39, 0.29) is 17.3 Å². The van der Waals surface area contributed by atoms with E-state index >= 15 is 0 Å². The molecule has 0 atom stereocenters. The average Bonchev–Trinajstić information content (AvgIpc) is 2.43. The minimum atomic E-state index is -0.0376. The summed E-state index contributed by atoms with van der Waals surface area (Å²) in [6.07, 6.45) is 5.55. The number of nitrogens with two attached hydrogens (primary N) is 1. The van der Waals surface area contributed by atoms with Crippen molar-refractivity contribution >= 4 is 5.97 Å². The fraction of sp³-hybridized carbons (Fsp3) is 0.933. The molecule has 4 nitrogen and oxygen atoms in total. The van der Waals surface area contributed by atoms with Crippen LogP contribution >= 0.6 is 0 Å². The van der Waals surface area contributed by atoms with E-state index in [0.29, 0.717) is 0 Å². The second-order valence-electron chi connectivity index (χ2n) is 6.46. The molecular formula is C15H30N2O2. The number of methoxy groups -OCH3 is 1. The third-order valence-corrected chi connectivity index (χ3v) is 4.25. The van der Waals surface area contributed by atoms with Crippen LogP contribution in [0, 0.1) is 11.3 Å². The van der Waals surface area contributed by atoms with Crippen LogP contribution < -0.4 is 5.73 Å². The molecule has 0 aromatic carbocycles. The molecule has 0 aliphatic carbocycles. The lowest BCUT2D eigenvalue weighted by Crippen LogP contribution is -2.37. The number of piperidine rings is 1. The van der Waals surface area contributed by atoms with Gasteiger partial charge in [-0.05, 0) is 57.3 Å². The molecule has 1 rings (SSSR count). The first-order valence-corrected chi connectivity index (χ1v) is 7.49. The molecule has 0 aromatic rings. The summed E-state index contributed by atoms with van der Waals surface area (Å²) in [6, 6.07) is 0. The van der Waals surface area contributed by atoms with Crippen LogP contribution in [0.3, 0.4) is 0 Å². The second-order valence-corrected chi connectivity index (χ2v) is 6.46. The highest BCUT2D eigenvalue weighted by atomic mass is 16.5. The van der Waals surface area contributed by atoms with Crippen molar-refractivity contribution in [2.75, 3.05) is 33.3 Å². The number of ether oxygens (including phenoxy) is 1. The number of rotatable bonds is 7. The van der Waals surface area contributed by atoms with E-state index in [1.165, 1.54) is 26.4 Å². The van der Waals surface area contributed by atoms with Crippen molar-refractivity contribution in [2.45, 2.75) is 46.0 Å². The Labute approximate surface area is 117 Å². The molecule has 19 heavy (non-hydrogen) atoms. The highest BCUT2D eigenvalue weighted by Gasteiger charge is 2.25. The predicted molar refractivity (Wildman–Crippen MR) is 77.9 cm³/mol. The number of carbonyl (C=O) groups is 1. The number of unbranched alkanes of at least 4 members (excludes halogenated alkanes) is 1. The van der Waals surface area contributed by atoms with Crippen molar-refractivity contribution < 1.29 is 9.53 Å². The molecule has 0 spiro atoms. The fourth-order valence-electron chi connectivity index (χ4n) is 2.60. The van der Waals surface area contributed by atoms with E-state index < -0.39 is 0 Å². The Kier molecular flexibility index (Phi) is 6.80. The maximum absolute atomic E-state index is 11.4. The molecule has 112 valence electrons. The summed E-state index contributed by atoms with van der Waals surface area (Å²) in [5, 5.41) is 0. The molecule has 0 saturated carbocycles. The zero-order chi connectivity index (χ0) is 14.3. The van der Waals surface area contributed by atoms with Crippen LogP contribution in [-0.4, -0.2) is 44.2 Å². The van der Waals surface area contributed by atoms with Gasteiger partial charge in [0, 0.05) is 0 Å². The molecule has 4 heteroatoms. The molecule has 1 aliphatic rings. The maximum atomic E-state index is 11.4. The third kappa shape index (κ3) is 5.91. The average molecular weight is 270 g/mol. The van der Waals surface area contributed by atoms with Gasteiger partial charge in [-0.2, -0.15) is 0 Å². The van der Waals surface area contributed by atoms with Gasteiger partial charge in [0.15, 0.2) is 0 Å². The van der Waals surface area contributed by atoms with Crippen molar-refractivity contribution in [3.05, 3.63) is 0 Å². The molecule has 0 aromatic heterocycles. The van der Waals surface area contributed by atoms with Crippen LogP contribution in [0.15, 0.2) is 0 Å². The summed E-state index contributed by atoms with van der Waals surface area (Å²) in [5.74, 6) is 0.0850. The number of hydrogen-bond donors (Lipinski definition) is 1. The van der Waals surface area contributed by atoms with Crippen molar-refractivity contribution in [3.8, 4) is 0 Å². The molecular weight excluding hydrogens is 240 g/mol. The SMILES string of the molecule is COC(=O)C1CCN(CCCCC(C)(C)CN)CC1. The summed E-state index contributed by atoms with van der Waals surface area (Å²) in [6.45, 7) is 8.43. The van der Waals surface area contributed by atoms with Gasteiger partial charge in [0.25, 0.3) is 0 Å². The van der Waals surface area contributed by atoms with Crippen LogP contribution in [0.5, 0.6) is 0 Å². The smallest absolute Gasteiger partial charge is 0.308 e. The van der Waals surface area contributed by atoms with E-state index in [0.717, 1.165) is 39.0 Å². The van der Waals surface area contributed by atoms with Crippen LogP contribution in [-0.2, 0) is 9.53 Å². The van der Waals surface area contributed by atoms with Gasteiger partial charge in [0.05, 0.1) is 13.0 Å². The monoisotopic (exact) mass is 270 g/mol. The Morgan fingerprint density at radius 2 is 1.95 bits per heavy atom. The third-order valence-electron chi connectivity index (χ3n) is 4.25. The molecule has 1 saturated heterocycles. The van der Waals surface area contributed by atoms with Gasteiger partial charge in [-0.15, -0.1) is 0 Å². The zero-order valence-corrected chi connectivity index (χ0v) is 12.8. The fourth-order valence-corrected chi connectivity index (χ4v) is 2.60. The second kappa shape index (κ2) is 7.85. The largest absolute Gasteiger partial charge is 0.469 e. The highest BCUT2D eigenvalue weighted by molar-refractivity contribution is 5.72. The van der Waals surface area contributed by atoms with E-state index in [1.807, 2.05) is 0 Å². The number of hydrogen-bond acceptors (Lipinski definition) is 4. The lowest BCUT2D eigenvalue weighted by atomic mass is 9.87. The minimum absolute atomic E-state index is 0.0376. The van der Waals surface area contributed by atoms with E-state index in [1.54, 1.807) is 0 Å². The summed E-state index contributed by atoms with van der Waals surface area (Å²) < 4.78 is 4.80. The van der Waals surface area contributed by atoms with Crippen molar-refractivity contribution in [1.82, 2.24) is 4.90 Å². The summed E-state index contributed by atoms with van der Waals surface area (Å²) in [5.41, 5.74) is 6.01. The van der Waals surface area contributed by atoms with Gasteiger partial charge in [-0.3, -0.25) is 4.79 Å². The Bertz CT molecular complexity index is 271. The lowest BCUT2D eigenvalue weighted by molar-refractivity contribution is -0.147. The first-order chi connectivity index (χ1) is 8.98. The normalized spacial score (nSPS) is 18.5. The van der Waals surface area contributed by atoms with Crippen LogP contribution in [0.2, 0.25) is 0 Å². The molecule has 1 fully saturated rings. The molecule has 2 N–H and O–H groups in total. The van der Waals surface area contributed by atoms with Crippen molar-refractivity contribution in [1.29, 1.82) is 0 Å². The molecule has 0 bridgehead atoms. The van der Waals surface area contributed by atoms with Crippen molar-refractivity contribution in [3.63, 3.8) is 0 Å². The number of esters is 1. The van der Waals surface area contributed by atoms with Crippen LogP contribution in [0.1, 0.15) is 46.0 Å². The molecule has 0 amide bonds. The van der Waals surface area contributed by atoms with Gasteiger partial charge >= 0.3 is 5.97 Å². The van der Waals surface area contributed by atoms with Gasteiger partial charge in [0.2, 0.25) is 0 Å². The minimum Gasteiger partial charge on any atom is -0.469 e. The highest BCUT2D eigenvalue weighted by Crippen LogP contribution is 2.22. The number of carbonyl (C=O) groups excluding carboxylic acids is 1. The summed E-state index contributed by atoms with van der Waals surface area (Å²) in [7, 11) is 1.48. The van der Waals surface area contributed by atoms with E-state index in [9.17, 15) is 4.79 Å². The lowest BCUT2D eigenvalue weighted by Gasteiger charge is -2.31. The van der Waals surface area contributed by atoms with Gasteiger partial charge < -0.3 is 15.4 Å². The zero-order valence-electron chi connectivity index (χ0n) is 12.8. The van der Waals surface area contributed by atoms with Crippen molar-refractivity contribution in [2.24, 2.45) is 17.1 Å². The Morgan fingerprint density at radius 3 is 2.47 bits per heavy atom. The molecule has 1 aliphatic heterocycles. The number of nitrogens with zero attached hydrogens (tertiary/aromatic N) is 1. The first-order valence-electron chi connectivity index (χ1n) is 7.49. The molecule has 0 unspecified atom stereocenters. The van der Waals surface area contributed by atoms with Gasteiger partial charge in [-0.1, -0.05) is 20.3 Å². The molecule has 1 heterocycles. The first kappa shape index (κ1) is 16.4. The number of likely N-dealkylation sites (tertiary alicyclic amines) is 1. The molecule has 0 radical (unpaired) electrons. The van der Waals surface area contributed by atoms with Crippen LogP contribution in [0.25, 0.3) is 0 Å². The predicted octanol–water partition coefficient (Wildman–Crippen LogP) is 2.03.